The van der Waals surface area contributed by atoms with E-state index in [9.17, 15) is 70.2 Å². The number of unbranched alkanes of at least 4 members (excludes halogenated alkanes) is 1. The van der Waals surface area contributed by atoms with Crippen LogP contribution >= 0.6 is 0 Å². The molecule has 0 unspecified atom stereocenters. The second-order valence-corrected chi connectivity index (χ2v) is 16.9. The van der Waals surface area contributed by atoms with Gasteiger partial charge in [-0.3, -0.25) is 0 Å². The summed E-state index contributed by atoms with van der Waals surface area (Å²) in [5.74, 6) is -22.5. The molecule has 0 fully saturated rings. The van der Waals surface area contributed by atoms with Crippen LogP contribution in [0.4, 0.5) is 70.2 Å². The lowest BCUT2D eigenvalue weighted by Gasteiger charge is -2.20. The molecule has 0 amide bonds. The zero-order valence-electron chi connectivity index (χ0n) is 39.1. The third-order valence-corrected chi connectivity index (χ3v) is 11.6. The average molecular weight is 1060 g/mol. The van der Waals surface area contributed by atoms with Gasteiger partial charge in [-0.15, -0.1) is 0 Å². The molecule has 0 aliphatic heterocycles. The van der Waals surface area contributed by atoms with Gasteiger partial charge in [-0.25, -0.2) is 52.7 Å². The van der Waals surface area contributed by atoms with Crippen LogP contribution in [0.5, 0.6) is 11.5 Å². The Morgan fingerprint density at radius 2 is 0.627 bits per heavy atom. The normalized spacial score (nSPS) is 11.6. The molecule has 0 atom stereocenters. The van der Waals surface area contributed by atoms with E-state index in [1.54, 1.807) is 0 Å². The number of alkyl halides is 4. The van der Waals surface area contributed by atoms with Gasteiger partial charge in [-0.1, -0.05) is 99.5 Å². The van der Waals surface area contributed by atoms with Crippen LogP contribution in [0.2, 0.25) is 0 Å². The zero-order valence-corrected chi connectivity index (χ0v) is 39.1. The molecule has 0 N–H and O–H groups in total. The molecule has 8 rings (SSSR count). The molecule has 0 radical (unpaired) electrons. The van der Waals surface area contributed by atoms with Gasteiger partial charge in [0.25, 0.3) is 0 Å². The quantitative estimate of drug-likeness (QED) is 0.0752. The minimum absolute atomic E-state index is 0.102. The van der Waals surface area contributed by atoms with Gasteiger partial charge in [0.2, 0.25) is 0 Å². The van der Waals surface area contributed by atoms with Crippen molar-refractivity contribution >= 4 is 0 Å². The van der Waals surface area contributed by atoms with Crippen molar-refractivity contribution in [1.82, 2.24) is 0 Å². The van der Waals surface area contributed by atoms with Crippen molar-refractivity contribution < 1.29 is 79.7 Å². The van der Waals surface area contributed by atoms with Gasteiger partial charge in [-0.2, -0.15) is 17.6 Å². The molecular formula is C57H38F16O2. The van der Waals surface area contributed by atoms with Gasteiger partial charge < -0.3 is 9.47 Å². The first kappa shape index (κ1) is 55.0. The molecule has 0 spiro atoms. The van der Waals surface area contributed by atoms with E-state index in [0.717, 1.165) is 55.4 Å². The highest BCUT2D eigenvalue weighted by Gasteiger charge is 2.43. The third-order valence-electron chi connectivity index (χ3n) is 11.6. The van der Waals surface area contributed by atoms with Crippen molar-refractivity contribution in [3.8, 4) is 56.0 Å². The van der Waals surface area contributed by atoms with Crippen LogP contribution in [0.1, 0.15) is 55.4 Å². The number of benzene rings is 8. The Morgan fingerprint density at radius 3 is 0.933 bits per heavy atom. The van der Waals surface area contributed by atoms with Crippen molar-refractivity contribution in [2.75, 3.05) is 0 Å². The van der Waals surface area contributed by atoms with E-state index in [0.29, 0.717) is 46.5 Å². The average Bonchev–Trinajstić information content (AvgIpc) is 3.34. The first-order valence-corrected chi connectivity index (χ1v) is 22.7. The number of hydrogen-bond donors (Lipinski definition) is 0. The lowest BCUT2D eigenvalue weighted by Crippen LogP contribution is -2.25. The minimum Gasteiger partial charge on any atom is -0.429 e. The Kier molecular flexibility index (Phi) is 16.7. The fraction of sp³-hybridized carbons (Fsp3) is 0.158. The van der Waals surface area contributed by atoms with Gasteiger partial charge in [0.05, 0.1) is 0 Å². The van der Waals surface area contributed by atoms with Gasteiger partial charge in [-0.05, 0) is 100 Å². The largest absolute Gasteiger partial charge is 0.432 e. The number of ether oxygens (including phenoxy) is 2. The highest BCUT2D eigenvalue weighted by Crippen LogP contribution is 2.41. The third kappa shape index (κ3) is 12.6. The highest BCUT2D eigenvalue weighted by molar-refractivity contribution is 5.73. The maximum absolute atomic E-state index is 14.9. The molecule has 0 saturated carbocycles. The molecule has 390 valence electrons. The SMILES string of the molecule is CCCCc1ccc(-c2ccc(-c3cc(F)c(C(F)(F)Oc4cc(F)c(F)c(F)c4)c(F)c3)c(F)c2)cc1.CCCc1ccc(-c2ccc(-c3cc(F)c(C(F)(F)Oc4cc(F)c(F)c(F)c4)c(F)c3)c(F)c2)cc1. The van der Waals surface area contributed by atoms with E-state index in [-0.39, 0.29) is 46.5 Å². The van der Waals surface area contributed by atoms with Crippen molar-refractivity contribution in [3.05, 3.63) is 226 Å². The van der Waals surface area contributed by atoms with E-state index >= 15 is 0 Å². The predicted octanol–water partition coefficient (Wildman–Crippen LogP) is 18.3. The van der Waals surface area contributed by atoms with Crippen LogP contribution in [0.15, 0.2) is 133 Å². The number of halogens is 16. The van der Waals surface area contributed by atoms with Crippen LogP contribution in [0.3, 0.4) is 0 Å². The molecular weight excluding hydrogens is 1020 g/mol. The predicted molar refractivity (Wildman–Crippen MR) is 249 cm³/mol. The Hall–Kier alpha value is -7.76. The summed E-state index contributed by atoms with van der Waals surface area (Å²) in [7, 11) is 0. The maximum atomic E-state index is 14.9. The fourth-order valence-electron chi connectivity index (χ4n) is 7.85. The number of rotatable bonds is 15. The summed E-state index contributed by atoms with van der Waals surface area (Å²) in [4.78, 5) is 0. The summed E-state index contributed by atoms with van der Waals surface area (Å²) in [5, 5.41) is 0. The number of hydrogen-bond acceptors (Lipinski definition) is 2. The van der Waals surface area contributed by atoms with Gasteiger partial charge in [0, 0.05) is 35.4 Å². The van der Waals surface area contributed by atoms with E-state index in [1.807, 2.05) is 55.5 Å². The molecule has 0 saturated heterocycles. The molecule has 75 heavy (non-hydrogen) atoms. The standard InChI is InChI=1S/C29H20F8O.C28H18F8O/c1-2-3-4-16-5-7-17(8-6-16)18-9-10-21(22(30)11-18)19-12-23(31)27(24(32)13-19)29(36,37)38-20-14-25(33)28(35)26(34)15-20;1-2-3-15-4-6-16(7-5-15)17-8-9-20(21(29)10-17)18-11-22(30)26(23(31)12-18)28(35,36)37-19-13-24(32)27(34)25(33)14-19/h5-15H,2-4H2,1H3;4-14H,2-3H2,1H3. The summed E-state index contributed by atoms with van der Waals surface area (Å²) >= 11 is 0. The Labute approximate surface area is 418 Å². The van der Waals surface area contributed by atoms with E-state index < -0.39 is 105 Å². The Morgan fingerprint density at radius 1 is 0.320 bits per heavy atom. The molecule has 18 heteroatoms. The molecule has 0 bridgehead atoms. The van der Waals surface area contributed by atoms with E-state index in [1.165, 1.54) is 24.3 Å². The van der Waals surface area contributed by atoms with Crippen LogP contribution in [-0.2, 0) is 25.1 Å². The van der Waals surface area contributed by atoms with E-state index in [2.05, 4.69) is 16.4 Å². The molecule has 8 aromatic rings. The Balaban J connectivity index is 0.000000219. The fourth-order valence-corrected chi connectivity index (χ4v) is 7.85. The zero-order chi connectivity index (χ0) is 54.5. The minimum atomic E-state index is -4.74. The van der Waals surface area contributed by atoms with Crippen LogP contribution in [-0.4, -0.2) is 0 Å². The lowest BCUT2D eigenvalue weighted by atomic mass is 9.97. The van der Waals surface area contributed by atoms with E-state index in [4.69, 9.17) is 0 Å². The van der Waals surface area contributed by atoms with Crippen LogP contribution < -0.4 is 9.47 Å². The Bertz CT molecular complexity index is 3270. The van der Waals surface area contributed by atoms with Crippen molar-refractivity contribution in [2.45, 2.75) is 58.2 Å². The number of aryl methyl sites for hydroxylation is 2. The first-order chi connectivity index (χ1) is 35.5. The van der Waals surface area contributed by atoms with Crippen LogP contribution in [0, 0.1) is 69.8 Å². The first-order valence-electron chi connectivity index (χ1n) is 22.7. The van der Waals surface area contributed by atoms with Crippen LogP contribution in [0.25, 0.3) is 44.5 Å². The lowest BCUT2D eigenvalue weighted by molar-refractivity contribution is -0.190. The highest BCUT2D eigenvalue weighted by atomic mass is 19.3. The smallest absolute Gasteiger partial charge is 0.429 e. The van der Waals surface area contributed by atoms with Crippen molar-refractivity contribution in [2.24, 2.45) is 0 Å². The summed E-state index contributed by atoms with van der Waals surface area (Å²) in [6.45, 7) is 4.13. The second-order valence-electron chi connectivity index (χ2n) is 16.9. The molecule has 0 heterocycles. The van der Waals surface area contributed by atoms with Crippen molar-refractivity contribution in [1.29, 1.82) is 0 Å². The molecule has 0 aliphatic rings. The summed E-state index contributed by atoms with van der Waals surface area (Å²) in [6, 6.07) is 25.2. The van der Waals surface area contributed by atoms with Gasteiger partial charge >= 0.3 is 12.2 Å². The summed E-state index contributed by atoms with van der Waals surface area (Å²) < 4.78 is 234. The summed E-state index contributed by atoms with van der Waals surface area (Å²) in [6.07, 6.45) is -4.62. The topological polar surface area (TPSA) is 18.5 Å². The van der Waals surface area contributed by atoms with Gasteiger partial charge in [0.1, 0.15) is 57.5 Å². The molecule has 0 aromatic heterocycles. The summed E-state index contributed by atoms with van der Waals surface area (Å²) in [5.41, 5.74) is -0.279. The van der Waals surface area contributed by atoms with Crippen molar-refractivity contribution in [3.63, 3.8) is 0 Å². The van der Waals surface area contributed by atoms with Gasteiger partial charge in [0.15, 0.2) is 34.9 Å². The molecule has 0 aliphatic carbocycles. The molecule has 8 aromatic carbocycles. The monoisotopic (exact) mass is 1060 g/mol. The maximum Gasteiger partial charge on any atom is 0.432 e. The molecule has 2 nitrogen and oxygen atoms in total. The second kappa shape index (κ2) is 22.8.